The number of hydrogen-bond acceptors (Lipinski definition) is 2. The van der Waals surface area contributed by atoms with Crippen molar-refractivity contribution in [3.05, 3.63) is 89.5 Å². The van der Waals surface area contributed by atoms with Gasteiger partial charge in [0, 0.05) is 6.54 Å². The van der Waals surface area contributed by atoms with Crippen LogP contribution >= 0.6 is 0 Å². The van der Waals surface area contributed by atoms with Gasteiger partial charge in [0.15, 0.2) is 0 Å². The van der Waals surface area contributed by atoms with Gasteiger partial charge in [-0.05, 0) is 79.2 Å². The predicted molar refractivity (Wildman–Crippen MR) is 117 cm³/mol. The Morgan fingerprint density at radius 1 is 0.893 bits per heavy atom. The van der Waals surface area contributed by atoms with E-state index in [2.05, 4.69) is 91.8 Å². The quantitative estimate of drug-likeness (QED) is 0.559. The zero-order valence-corrected chi connectivity index (χ0v) is 16.9. The summed E-state index contributed by atoms with van der Waals surface area (Å²) in [5, 5.41) is 0. The molecule has 0 bridgehead atoms. The van der Waals surface area contributed by atoms with Gasteiger partial charge in [-0.15, -0.1) is 0 Å². The summed E-state index contributed by atoms with van der Waals surface area (Å²) in [4.78, 5) is 2.30. The van der Waals surface area contributed by atoms with E-state index >= 15 is 0 Å². The third kappa shape index (κ3) is 4.45. The Balaban J connectivity index is 1.46. The van der Waals surface area contributed by atoms with Gasteiger partial charge in [-0.1, -0.05) is 60.7 Å². The van der Waals surface area contributed by atoms with Gasteiger partial charge in [0.2, 0.25) is 0 Å². The van der Waals surface area contributed by atoms with E-state index in [1.165, 1.54) is 47.2 Å². The van der Waals surface area contributed by atoms with E-state index in [4.69, 9.17) is 4.74 Å². The summed E-state index contributed by atoms with van der Waals surface area (Å²) in [6.45, 7) is 1.76. The molecule has 1 aliphatic carbocycles. The molecule has 1 aliphatic rings. The lowest BCUT2D eigenvalue weighted by Gasteiger charge is -2.27. The molecule has 0 N–H and O–H groups in total. The molecule has 4 rings (SSSR count). The Labute approximate surface area is 168 Å². The van der Waals surface area contributed by atoms with Crippen molar-refractivity contribution in [1.29, 1.82) is 0 Å². The van der Waals surface area contributed by atoms with E-state index in [1.54, 1.807) is 0 Å². The molecule has 3 aromatic carbocycles. The maximum Gasteiger partial charge on any atom is 0.120 e. The second kappa shape index (κ2) is 8.62. The number of aryl methyl sites for hydroxylation is 1. The normalized spacial score (nSPS) is 16.0. The molecule has 0 spiro atoms. The van der Waals surface area contributed by atoms with E-state index in [1.807, 2.05) is 0 Å². The van der Waals surface area contributed by atoms with Gasteiger partial charge in [-0.2, -0.15) is 0 Å². The van der Waals surface area contributed by atoms with Gasteiger partial charge >= 0.3 is 0 Å². The maximum atomic E-state index is 6.20. The lowest BCUT2D eigenvalue weighted by Crippen LogP contribution is -2.26. The fourth-order valence-corrected chi connectivity index (χ4v) is 4.28. The van der Waals surface area contributed by atoms with Crippen molar-refractivity contribution >= 4 is 0 Å². The first-order valence-electron chi connectivity index (χ1n) is 10.2. The summed E-state index contributed by atoms with van der Waals surface area (Å²) in [5.41, 5.74) is 6.66. The van der Waals surface area contributed by atoms with Crippen molar-refractivity contribution in [2.75, 3.05) is 20.6 Å². The fraction of sp³-hybridized carbons (Fsp3) is 0.308. The average Bonchev–Trinajstić information content (AvgIpc) is 2.72. The molecule has 0 saturated carbocycles. The van der Waals surface area contributed by atoms with Crippen LogP contribution in [-0.2, 0) is 19.4 Å². The van der Waals surface area contributed by atoms with Crippen LogP contribution in [0.2, 0.25) is 0 Å². The Hall–Kier alpha value is -2.58. The van der Waals surface area contributed by atoms with Crippen LogP contribution in [0.15, 0.2) is 72.8 Å². The highest BCUT2D eigenvalue weighted by atomic mass is 16.5. The van der Waals surface area contributed by atoms with Crippen LogP contribution in [0.25, 0.3) is 11.1 Å². The Kier molecular flexibility index (Phi) is 5.78. The Morgan fingerprint density at radius 3 is 2.50 bits per heavy atom. The molecule has 0 saturated heterocycles. The molecular weight excluding hydrogens is 342 g/mol. The van der Waals surface area contributed by atoms with Crippen molar-refractivity contribution < 1.29 is 4.74 Å². The standard InChI is InChI=1S/C26H29NO/c1-27(2)18-20-12-13-23-17-25(15-14-22(23)16-20)28-19-24-10-6-7-11-26(24)21-8-4-3-5-9-21/h3-11,14-15,17,20H,12-13,16,18-19H2,1-2H3. The summed E-state index contributed by atoms with van der Waals surface area (Å²) in [6, 6.07) is 25.7. The van der Waals surface area contributed by atoms with Gasteiger partial charge in [0.25, 0.3) is 0 Å². The third-order valence-electron chi connectivity index (χ3n) is 5.63. The van der Waals surface area contributed by atoms with Crippen LogP contribution < -0.4 is 4.74 Å². The van der Waals surface area contributed by atoms with Gasteiger partial charge in [0.05, 0.1) is 0 Å². The molecule has 144 valence electrons. The summed E-state index contributed by atoms with van der Waals surface area (Å²) < 4.78 is 6.20. The summed E-state index contributed by atoms with van der Waals surface area (Å²) in [6.07, 6.45) is 3.61. The van der Waals surface area contributed by atoms with Crippen LogP contribution in [0.4, 0.5) is 0 Å². The number of ether oxygens (including phenoxy) is 1. The van der Waals surface area contributed by atoms with Crippen LogP contribution in [0.1, 0.15) is 23.1 Å². The fourth-order valence-electron chi connectivity index (χ4n) is 4.28. The minimum absolute atomic E-state index is 0.590. The summed E-state index contributed by atoms with van der Waals surface area (Å²) in [5.74, 6) is 1.75. The maximum absolute atomic E-state index is 6.20. The molecule has 2 nitrogen and oxygen atoms in total. The molecule has 2 heteroatoms. The molecule has 1 atom stereocenters. The monoisotopic (exact) mass is 371 g/mol. The van der Waals surface area contributed by atoms with E-state index < -0.39 is 0 Å². The topological polar surface area (TPSA) is 12.5 Å². The highest BCUT2D eigenvalue weighted by Crippen LogP contribution is 2.30. The number of rotatable bonds is 6. The molecule has 0 radical (unpaired) electrons. The molecule has 1 unspecified atom stereocenters. The SMILES string of the molecule is CN(C)CC1CCc2cc(OCc3ccccc3-c3ccccc3)ccc2C1. The van der Waals surface area contributed by atoms with Crippen LogP contribution in [0.5, 0.6) is 5.75 Å². The predicted octanol–water partition coefficient (Wildman–Crippen LogP) is 5.60. The molecular formula is C26H29NO. The minimum atomic E-state index is 0.590. The Bertz CT molecular complexity index is 917. The van der Waals surface area contributed by atoms with Gasteiger partial charge in [-0.3, -0.25) is 0 Å². The molecule has 0 heterocycles. The van der Waals surface area contributed by atoms with Gasteiger partial charge in [-0.25, -0.2) is 0 Å². The second-order valence-electron chi connectivity index (χ2n) is 8.11. The van der Waals surface area contributed by atoms with E-state index in [0.29, 0.717) is 6.61 Å². The lowest BCUT2D eigenvalue weighted by atomic mass is 9.83. The molecule has 0 aliphatic heterocycles. The first-order valence-corrected chi connectivity index (χ1v) is 10.2. The number of benzene rings is 3. The molecule has 28 heavy (non-hydrogen) atoms. The van der Waals surface area contributed by atoms with E-state index in [9.17, 15) is 0 Å². The van der Waals surface area contributed by atoms with E-state index in [0.717, 1.165) is 18.1 Å². The number of nitrogens with zero attached hydrogens (tertiary/aromatic N) is 1. The van der Waals surface area contributed by atoms with Crippen molar-refractivity contribution in [3.8, 4) is 16.9 Å². The van der Waals surface area contributed by atoms with Crippen LogP contribution in [0.3, 0.4) is 0 Å². The van der Waals surface area contributed by atoms with Crippen molar-refractivity contribution in [3.63, 3.8) is 0 Å². The minimum Gasteiger partial charge on any atom is -0.489 e. The summed E-state index contributed by atoms with van der Waals surface area (Å²) in [7, 11) is 4.33. The van der Waals surface area contributed by atoms with Crippen LogP contribution in [-0.4, -0.2) is 25.5 Å². The van der Waals surface area contributed by atoms with Gasteiger partial charge in [0.1, 0.15) is 12.4 Å². The zero-order chi connectivity index (χ0) is 19.3. The largest absolute Gasteiger partial charge is 0.489 e. The lowest BCUT2D eigenvalue weighted by molar-refractivity contribution is 0.297. The Morgan fingerprint density at radius 2 is 1.68 bits per heavy atom. The molecule has 0 amide bonds. The smallest absolute Gasteiger partial charge is 0.120 e. The van der Waals surface area contributed by atoms with Crippen molar-refractivity contribution in [1.82, 2.24) is 4.90 Å². The number of hydrogen-bond donors (Lipinski definition) is 0. The highest BCUT2D eigenvalue weighted by Gasteiger charge is 2.19. The average molecular weight is 372 g/mol. The molecule has 0 aromatic heterocycles. The summed E-state index contributed by atoms with van der Waals surface area (Å²) >= 11 is 0. The second-order valence-corrected chi connectivity index (χ2v) is 8.11. The van der Waals surface area contributed by atoms with Crippen molar-refractivity contribution in [2.45, 2.75) is 25.9 Å². The highest BCUT2D eigenvalue weighted by molar-refractivity contribution is 5.67. The van der Waals surface area contributed by atoms with Crippen LogP contribution in [0, 0.1) is 5.92 Å². The third-order valence-corrected chi connectivity index (χ3v) is 5.63. The first-order chi connectivity index (χ1) is 13.7. The molecule has 3 aromatic rings. The van der Waals surface area contributed by atoms with Crippen molar-refractivity contribution in [2.24, 2.45) is 5.92 Å². The molecule has 0 fully saturated rings. The number of fused-ring (bicyclic) bond motifs is 1. The first kappa shape index (κ1) is 18.8. The van der Waals surface area contributed by atoms with Gasteiger partial charge < -0.3 is 9.64 Å². The zero-order valence-electron chi connectivity index (χ0n) is 16.9. The van der Waals surface area contributed by atoms with E-state index in [-0.39, 0.29) is 0 Å².